The van der Waals surface area contributed by atoms with Crippen molar-refractivity contribution < 1.29 is 9.53 Å². The van der Waals surface area contributed by atoms with Crippen molar-refractivity contribution in [1.29, 1.82) is 0 Å². The summed E-state index contributed by atoms with van der Waals surface area (Å²) in [7, 11) is 0. The molecule has 0 bridgehead atoms. The van der Waals surface area contributed by atoms with Crippen LogP contribution in [0.15, 0.2) is 36.4 Å². The first-order valence-electron chi connectivity index (χ1n) is 8.01. The highest BCUT2D eigenvalue weighted by Gasteiger charge is 2.16. The Hall–Kier alpha value is -1.75. The first-order chi connectivity index (χ1) is 11.3. The van der Waals surface area contributed by atoms with Crippen LogP contribution >= 0.6 is 11.8 Å². The van der Waals surface area contributed by atoms with Crippen molar-refractivity contribution in [2.24, 2.45) is 5.92 Å². The van der Waals surface area contributed by atoms with Crippen LogP contribution in [0.25, 0.3) is 11.0 Å². The van der Waals surface area contributed by atoms with Crippen LogP contribution in [-0.4, -0.2) is 28.4 Å². The summed E-state index contributed by atoms with van der Waals surface area (Å²) in [6.45, 7) is 0.757. The normalized spacial score (nSPS) is 17.5. The first kappa shape index (κ1) is 16.1. The van der Waals surface area contributed by atoms with E-state index in [0.717, 1.165) is 41.9 Å². The smallest absolute Gasteiger partial charge is 0.326 e. The Bertz CT molecular complexity index is 708. The predicted octanol–water partition coefficient (Wildman–Crippen LogP) is 3.80. The lowest BCUT2D eigenvalue weighted by atomic mass is 9.95. The van der Waals surface area contributed by atoms with Gasteiger partial charge in [-0.2, -0.15) is 11.8 Å². The lowest BCUT2D eigenvalue weighted by molar-refractivity contribution is -0.145. The Labute approximate surface area is 140 Å². The van der Waals surface area contributed by atoms with Crippen molar-refractivity contribution in [2.45, 2.75) is 31.6 Å². The van der Waals surface area contributed by atoms with Crippen molar-refractivity contribution in [2.75, 3.05) is 12.9 Å². The molecule has 5 heteroatoms. The fourth-order valence-corrected chi connectivity index (χ4v) is 3.41. The van der Waals surface area contributed by atoms with Crippen molar-refractivity contribution >= 4 is 28.8 Å². The van der Waals surface area contributed by atoms with Gasteiger partial charge in [0.1, 0.15) is 12.4 Å². The molecule has 2 aromatic rings. The second-order valence-electron chi connectivity index (χ2n) is 5.87. The van der Waals surface area contributed by atoms with Crippen LogP contribution in [0.5, 0.6) is 0 Å². The van der Waals surface area contributed by atoms with E-state index in [0.29, 0.717) is 12.5 Å². The van der Waals surface area contributed by atoms with E-state index >= 15 is 0 Å². The highest BCUT2D eigenvalue weighted by Crippen LogP contribution is 2.20. The summed E-state index contributed by atoms with van der Waals surface area (Å²) in [5.41, 5.74) is 1.93. The molecule has 1 aromatic heterocycles. The standard InChI is InChI=1S/C18H22N2O2S/c1-23-13-17-19-15-9-5-6-10-16(15)20(17)11-18(21)22-12-14-7-3-2-4-8-14/h2-3,5-6,9-10,14H,4,7-8,11-13H2,1H3. The maximum absolute atomic E-state index is 12.3. The predicted molar refractivity (Wildman–Crippen MR) is 94.4 cm³/mol. The van der Waals surface area contributed by atoms with E-state index in [2.05, 4.69) is 17.1 Å². The SMILES string of the molecule is CSCc1nc2ccccc2n1CC(=O)OCC1CC=CCC1. The average molecular weight is 330 g/mol. The Kier molecular flexibility index (Phi) is 5.39. The lowest BCUT2D eigenvalue weighted by Gasteiger charge is -2.17. The van der Waals surface area contributed by atoms with Crippen molar-refractivity contribution in [3.05, 3.63) is 42.2 Å². The monoisotopic (exact) mass is 330 g/mol. The number of imidazole rings is 1. The van der Waals surface area contributed by atoms with Crippen molar-refractivity contribution in [1.82, 2.24) is 9.55 Å². The molecule has 23 heavy (non-hydrogen) atoms. The molecule has 122 valence electrons. The second-order valence-corrected chi connectivity index (χ2v) is 6.74. The Morgan fingerprint density at radius 2 is 2.26 bits per heavy atom. The number of para-hydroxylation sites is 2. The van der Waals surface area contributed by atoms with Crippen LogP contribution in [0.2, 0.25) is 0 Å². The Morgan fingerprint density at radius 1 is 1.39 bits per heavy atom. The van der Waals surface area contributed by atoms with Gasteiger partial charge in [-0.3, -0.25) is 4.79 Å². The van der Waals surface area contributed by atoms with Crippen LogP contribution in [0.1, 0.15) is 25.1 Å². The third kappa shape index (κ3) is 3.96. The molecule has 0 amide bonds. The largest absolute Gasteiger partial charge is 0.464 e. The average Bonchev–Trinajstić information content (AvgIpc) is 2.92. The van der Waals surface area contributed by atoms with Gasteiger partial charge in [0.15, 0.2) is 0 Å². The number of nitrogens with zero attached hydrogens (tertiary/aromatic N) is 2. The van der Waals surface area contributed by atoms with Crippen LogP contribution in [-0.2, 0) is 21.8 Å². The Morgan fingerprint density at radius 3 is 3.04 bits per heavy atom. The quantitative estimate of drug-likeness (QED) is 0.597. The van der Waals surface area contributed by atoms with Gasteiger partial charge in [-0.15, -0.1) is 0 Å². The van der Waals surface area contributed by atoms with Gasteiger partial charge in [-0.25, -0.2) is 4.98 Å². The molecule has 0 N–H and O–H groups in total. The number of fused-ring (bicyclic) bond motifs is 1. The van der Waals surface area contributed by atoms with E-state index in [9.17, 15) is 4.79 Å². The number of hydrogen-bond acceptors (Lipinski definition) is 4. The molecule has 3 rings (SSSR count). The van der Waals surface area contributed by atoms with Gasteiger partial charge in [0.25, 0.3) is 0 Å². The molecule has 0 saturated heterocycles. The summed E-state index contributed by atoms with van der Waals surface area (Å²) >= 11 is 1.70. The topological polar surface area (TPSA) is 44.1 Å². The molecule has 0 spiro atoms. The highest BCUT2D eigenvalue weighted by atomic mass is 32.2. The summed E-state index contributed by atoms with van der Waals surface area (Å²) in [6, 6.07) is 7.93. The molecule has 0 radical (unpaired) electrons. The van der Waals surface area contributed by atoms with E-state index in [4.69, 9.17) is 4.74 Å². The number of esters is 1. The van der Waals surface area contributed by atoms with E-state index < -0.39 is 0 Å². The molecular formula is C18H22N2O2S. The molecule has 0 aliphatic heterocycles. The van der Waals surface area contributed by atoms with Gasteiger partial charge in [-0.1, -0.05) is 24.3 Å². The summed E-state index contributed by atoms with van der Waals surface area (Å²) in [5.74, 6) is 2.01. The zero-order valence-electron chi connectivity index (χ0n) is 13.4. The van der Waals surface area contributed by atoms with Gasteiger partial charge in [0.05, 0.1) is 23.4 Å². The second kappa shape index (κ2) is 7.68. The minimum absolute atomic E-state index is 0.176. The number of benzene rings is 1. The van der Waals surface area contributed by atoms with Crippen LogP contribution in [0.4, 0.5) is 0 Å². The molecule has 1 aliphatic carbocycles. The molecular weight excluding hydrogens is 308 g/mol. The summed E-state index contributed by atoms with van der Waals surface area (Å²) in [6.07, 6.45) is 9.63. The third-order valence-corrected chi connectivity index (χ3v) is 4.70. The lowest BCUT2D eigenvalue weighted by Crippen LogP contribution is -2.20. The van der Waals surface area contributed by atoms with E-state index in [1.54, 1.807) is 11.8 Å². The molecule has 1 unspecified atom stereocenters. The van der Waals surface area contributed by atoms with Crippen LogP contribution < -0.4 is 0 Å². The summed E-state index contributed by atoms with van der Waals surface area (Å²) in [5, 5.41) is 0. The van der Waals surface area contributed by atoms with Crippen LogP contribution in [0.3, 0.4) is 0 Å². The van der Waals surface area contributed by atoms with E-state index in [1.165, 1.54) is 0 Å². The van der Waals surface area contributed by atoms with E-state index in [-0.39, 0.29) is 12.5 Å². The fourth-order valence-electron chi connectivity index (χ4n) is 2.93. The van der Waals surface area contributed by atoms with E-state index in [1.807, 2.05) is 35.1 Å². The number of aromatic nitrogens is 2. The zero-order chi connectivity index (χ0) is 16.1. The number of carbonyl (C=O) groups is 1. The molecule has 1 heterocycles. The fraction of sp³-hybridized carbons (Fsp3) is 0.444. The van der Waals surface area contributed by atoms with Crippen molar-refractivity contribution in [3.63, 3.8) is 0 Å². The van der Waals surface area contributed by atoms with Gasteiger partial charge in [-0.05, 0) is 43.6 Å². The highest BCUT2D eigenvalue weighted by molar-refractivity contribution is 7.97. The van der Waals surface area contributed by atoms with Crippen LogP contribution in [0, 0.1) is 5.92 Å². The van der Waals surface area contributed by atoms with Crippen molar-refractivity contribution in [3.8, 4) is 0 Å². The first-order valence-corrected chi connectivity index (χ1v) is 9.41. The number of hydrogen-bond donors (Lipinski definition) is 0. The molecule has 4 nitrogen and oxygen atoms in total. The number of rotatable bonds is 6. The minimum atomic E-state index is -0.176. The molecule has 0 saturated carbocycles. The minimum Gasteiger partial charge on any atom is -0.464 e. The summed E-state index contributed by atoms with van der Waals surface area (Å²) in [4.78, 5) is 16.9. The summed E-state index contributed by atoms with van der Waals surface area (Å²) < 4.78 is 7.49. The number of carbonyl (C=O) groups excluding carboxylic acids is 1. The number of allylic oxidation sites excluding steroid dienone is 2. The number of thioether (sulfide) groups is 1. The van der Waals surface area contributed by atoms with Gasteiger partial charge in [0.2, 0.25) is 0 Å². The zero-order valence-corrected chi connectivity index (χ0v) is 14.2. The van der Waals surface area contributed by atoms with Gasteiger partial charge < -0.3 is 9.30 Å². The Balaban J connectivity index is 1.68. The van der Waals surface area contributed by atoms with Gasteiger partial charge >= 0.3 is 5.97 Å². The maximum Gasteiger partial charge on any atom is 0.326 e. The molecule has 1 aromatic carbocycles. The number of ether oxygens (including phenoxy) is 1. The third-order valence-electron chi connectivity index (χ3n) is 4.15. The maximum atomic E-state index is 12.3. The molecule has 1 aliphatic rings. The van der Waals surface area contributed by atoms with Gasteiger partial charge in [0, 0.05) is 0 Å². The molecule has 0 fully saturated rings. The molecule has 1 atom stereocenters.